The lowest BCUT2D eigenvalue weighted by atomic mass is 10.2. The number of nitrogens with zero attached hydrogens (tertiary/aromatic N) is 3. The largest absolute Gasteiger partial charge is 0.450 e. The highest BCUT2D eigenvalue weighted by Crippen LogP contribution is 2.30. The quantitative estimate of drug-likeness (QED) is 0.590. The molecule has 0 unspecified atom stereocenters. The molecule has 0 bridgehead atoms. The molecule has 3 aromatic rings. The minimum absolute atomic E-state index is 0.0181. The predicted octanol–water partition coefficient (Wildman–Crippen LogP) is 2.77. The minimum atomic E-state index is -3.73. The molecular weight excluding hydrogens is 430 g/mol. The van der Waals surface area contributed by atoms with Crippen LogP contribution in [0.15, 0.2) is 70.6 Å². The molecule has 9 heteroatoms. The van der Waals surface area contributed by atoms with Gasteiger partial charge in [0, 0.05) is 43.3 Å². The third-order valence-corrected chi connectivity index (χ3v) is 7.36. The zero-order valence-electron chi connectivity index (χ0n) is 17.8. The van der Waals surface area contributed by atoms with Gasteiger partial charge in [0.25, 0.3) is 0 Å². The van der Waals surface area contributed by atoms with Gasteiger partial charge in [0.2, 0.25) is 15.7 Å². The summed E-state index contributed by atoms with van der Waals surface area (Å²) in [6.07, 6.45) is 1.17. The molecule has 1 fully saturated rings. The highest BCUT2D eigenvalue weighted by Gasteiger charge is 2.27. The fraction of sp³-hybridized carbons (Fsp3) is 0.304. The Labute approximate surface area is 186 Å². The number of ether oxygens (including phenoxy) is 1. The van der Waals surface area contributed by atoms with Crippen molar-refractivity contribution in [2.75, 3.05) is 32.8 Å². The van der Waals surface area contributed by atoms with Crippen molar-refractivity contribution in [1.29, 1.82) is 0 Å². The van der Waals surface area contributed by atoms with Gasteiger partial charge in [-0.2, -0.15) is 0 Å². The van der Waals surface area contributed by atoms with Gasteiger partial charge >= 0.3 is 6.09 Å². The monoisotopic (exact) mass is 455 g/mol. The van der Waals surface area contributed by atoms with Crippen molar-refractivity contribution in [3.63, 3.8) is 0 Å². The SMILES string of the molecule is CCOC(=O)N1CCN(C(=O)Cn2cc(S(=O)(=O)c3ccccc3)c3ccccc32)CC1. The van der Waals surface area contributed by atoms with Crippen LogP contribution in [0, 0.1) is 0 Å². The van der Waals surface area contributed by atoms with Gasteiger partial charge in [-0.1, -0.05) is 36.4 Å². The zero-order chi connectivity index (χ0) is 22.7. The Bertz CT molecular complexity index is 1230. The summed E-state index contributed by atoms with van der Waals surface area (Å²) >= 11 is 0. The average Bonchev–Trinajstić information content (AvgIpc) is 3.19. The topological polar surface area (TPSA) is 88.9 Å². The molecule has 4 rings (SSSR count). The standard InChI is InChI=1S/C23H25N3O5S/c1-2-31-23(28)25-14-12-24(13-15-25)22(27)17-26-16-21(19-10-6-7-11-20(19)26)32(29,30)18-8-4-3-5-9-18/h3-11,16H,2,12-15,17H2,1H3. The Morgan fingerprint density at radius 2 is 1.53 bits per heavy atom. The van der Waals surface area contributed by atoms with Crippen LogP contribution < -0.4 is 0 Å². The summed E-state index contributed by atoms with van der Waals surface area (Å²) in [6.45, 7) is 3.72. The molecule has 8 nitrogen and oxygen atoms in total. The van der Waals surface area contributed by atoms with Crippen LogP contribution in [-0.4, -0.2) is 67.6 Å². The number of rotatable bonds is 5. The Hall–Kier alpha value is -3.33. The van der Waals surface area contributed by atoms with E-state index in [1.807, 2.05) is 12.1 Å². The van der Waals surface area contributed by atoms with E-state index in [0.29, 0.717) is 43.7 Å². The van der Waals surface area contributed by atoms with Crippen LogP contribution in [0.2, 0.25) is 0 Å². The van der Waals surface area contributed by atoms with E-state index in [-0.39, 0.29) is 28.3 Å². The van der Waals surface area contributed by atoms with E-state index in [9.17, 15) is 18.0 Å². The zero-order valence-corrected chi connectivity index (χ0v) is 18.6. The Kier molecular flexibility index (Phi) is 6.18. The second-order valence-electron chi connectivity index (χ2n) is 7.52. The maximum Gasteiger partial charge on any atom is 0.409 e. The van der Waals surface area contributed by atoms with Crippen molar-refractivity contribution in [3.8, 4) is 0 Å². The summed E-state index contributed by atoms with van der Waals surface area (Å²) in [5.74, 6) is -0.127. The molecule has 0 saturated carbocycles. The summed E-state index contributed by atoms with van der Waals surface area (Å²) in [7, 11) is -3.73. The molecule has 1 saturated heterocycles. The Morgan fingerprint density at radius 1 is 0.906 bits per heavy atom. The fourth-order valence-electron chi connectivity index (χ4n) is 3.88. The van der Waals surface area contributed by atoms with Gasteiger partial charge in [0.1, 0.15) is 6.54 Å². The number of carbonyl (C=O) groups is 2. The van der Waals surface area contributed by atoms with Crippen LogP contribution in [0.5, 0.6) is 0 Å². The maximum atomic E-state index is 13.2. The number of para-hydroxylation sites is 1. The first-order valence-corrected chi connectivity index (χ1v) is 12.0. The van der Waals surface area contributed by atoms with Crippen LogP contribution in [0.3, 0.4) is 0 Å². The molecule has 2 aromatic carbocycles. The van der Waals surface area contributed by atoms with Crippen molar-refractivity contribution in [1.82, 2.24) is 14.4 Å². The first-order chi connectivity index (χ1) is 15.4. The van der Waals surface area contributed by atoms with Crippen molar-refractivity contribution in [2.24, 2.45) is 0 Å². The van der Waals surface area contributed by atoms with E-state index < -0.39 is 9.84 Å². The summed E-state index contributed by atoms with van der Waals surface area (Å²) in [6, 6.07) is 15.4. The Morgan fingerprint density at radius 3 is 2.22 bits per heavy atom. The molecule has 32 heavy (non-hydrogen) atoms. The van der Waals surface area contributed by atoms with Gasteiger partial charge in [0.15, 0.2) is 0 Å². The maximum absolute atomic E-state index is 13.2. The minimum Gasteiger partial charge on any atom is -0.450 e. The third kappa shape index (κ3) is 4.20. The van der Waals surface area contributed by atoms with Crippen molar-refractivity contribution in [2.45, 2.75) is 23.3 Å². The summed E-state index contributed by atoms with van der Waals surface area (Å²) in [4.78, 5) is 28.5. The van der Waals surface area contributed by atoms with Crippen molar-refractivity contribution >= 4 is 32.7 Å². The number of fused-ring (bicyclic) bond motifs is 1. The number of aromatic nitrogens is 1. The third-order valence-electron chi connectivity index (χ3n) is 5.56. The lowest BCUT2D eigenvalue weighted by Gasteiger charge is -2.34. The van der Waals surface area contributed by atoms with Crippen LogP contribution in [0.25, 0.3) is 10.9 Å². The molecular formula is C23H25N3O5S. The molecule has 0 atom stereocenters. The molecule has 2 amide bonds. The van der Waals surface area contributed by atoms with Gasteiger partial charge in [-0.25, -0.2) is 13.2 Å². The number of sulfone groups is 1. The predicted molar refractivity (Wildman–Crippen MR) is 119 cm³/mol. The first-order valence-electron chi connectivity index (χ1n) is 10.5. The van der Waals surface area contributed by atoms with Gasteiger partial charge < -0.3 is 19.1 Å². The van der Waals surface area contributed by atoms with E-state index in [1.165, 1.54) is 0 Å². The first kappa shape index (κ1) is 21.9. The van der Waals surface area contributed by atoms with Gasteiger partial charge in [-0.3, -0.25) is 4.79 Å². The number of piperazine rings is 1. The normalized spacial score (nSPS) is 14.5. The number of amides is 2. The molecule has 168 valence electrons. The van der Waals surface area contributed by atoms with Crippen LogP contribution in [0.1, 0.15) is 6.92 Å². The second kappa shape index (κ2) is 9.04. The van der Waals surface area contributed by atoms with E-state index in [0.717, 1.165) is 0 Å². The van der Waals surface area contributed by atoms with Gasteiger partial charge in [-0.15, -0.1) is 0 Å². The summed E-state index contributed by atoms with van der Waals surface area (Å²) in [5, 5.41) is 0.580. The highest BCUT2D eigenvalue weighted by molar-refractivity contribution is 7.91. The number of benzene rings is 2. The van der Waals surface area contributed by atoms with Crippen molar-refractivity contribution < 1.29 is 22.7 Å². The highest BCUT2D eigenvalue weighted by atomic mass is 32.2. The van der Waals surface area contributed by atoms with Crippen LogP contribution in [-0.2, 0) is 25.9 Å². The fourth-order valence-corrected chi connectivity index (χ4v) is 5.38. The van der Waals surface area contributed by atoms with Crippen LogP contribution >= 0.6 is 0 Å². The summed E-state index contributed by atoms with van der Waals surface area (Å²) < 4.78 is 33.2. The lowest BCUT2D eigenvalue weighted by molar-refractivity contribution is -0.133. The lowest BCUT2D eigenvalue weighted by Crippen LogP contribution is -2.51. The Balaban J connectivity index is 1.56. The van der Waals surface area contributed by atoms with Gasteiger partial charge in [-0.05, 0) is 25.1 Å². The molecule has 0 N–H and O–H groups in total. The summed E-state index contributed by atoms with van der Waals surface area (Å²) in [5.41, 5.74) is 0.681. The van der Waals surface area contributed by atoms with Gasteiger partial charge in [0.05, 0.1) is 16.4 Å². The van der Waals surface area contributed by atoms with E-state index in [2.05, 4.69) is 0 Å². The second-order valence-corrected chi connectivity index (χ2v) is 9.44. The molecule has 0 spiro atoms. The van der Waals surface area contributed by atoms with Crippen LogP contribution in [0.4, 0.5) is 4.79 Å². The molecule has 2 heterocycles. The number of hydrogen-bond acceptors (Lipinski definition) is 5. The van der Waals surface area contributed by atoms with E-state index in [4.69, 9.17) is 4.74 Å². The molecule has 1 aliphatic rings. The van der Waals surface area contributed by atoms with Crippen molar-refractivity contribution in [3.05, 3.63) is 60.8 Å². The smallest absolute Gasteiger partial charge is 0.409 e. The molecule has 1 aromatic heterocycles. The molecule has 0 radical (unpaired) electrons. The van der Waals surface area contributed by atoms with E-state index >= 15 is 0 Å². The molecule has 0 aliphatic carbocycles. The molecule has 1 aliphatic heterocycles. The average molecular weight is 456 g/mol. The van der Waals surface area contributed by atoms with E-state index in [1.54, 1.807) is 70.0 Å². The number of carbonyl (C=O) groups excluding carboxylic acids is 2. The number of hydrogen-bond donors (Lipinski definition) is 0.